The summed E-state index contributed by atoms with van der Waals surface area (Å²) in [5.41, 5.74) is 2.77. The predicted octanol–water partition coefficient (Wildman–Crippen LogP) is 4.71. The number of rotatable bonds is 3. The molecule has 2 atom stereocenters. The van der Waals surface area contributed by atoms with Crippen LogP contribution in [0.15, 0.2) is 54.9 Å². The molecule has 1 aliphatic heterocycles. The van der Waals surface area contributed by atoms with Gasteiger partial charge in [-0.2, -0.15) is 10.1 Å². The second-order valence-electron chi connectivity index (χ2n) is 8.85. The van der Waals surface area contributed by atoms with E-state index in [1.165, 1.54) is 11.9 Å². The number of nitrogens with zero attached hydrogens (tertiary/aromatic N) is 4. The Morgan fingerprint density at radius 2 is 1.77 bits per heavy atom. The van der Waals surface area contributed by atoms with Crippen LogP contribution in [0.4, 0.5) is 5.95 Å². The van der Waals surface area contributed by atoms with Crippen molar-refractivity contribution in [1.29, 1.82) is 0 Å². The Kier molecular flexibility index (Phi) is 5.10. The van der Waals surface area contributed by atoms with Crippen molar-refractivity contribution >= 4 is 11.9 Å². The predicted molar refractivity (Wildman–Crippen MR) is 117 cm³/mol. The lowest BCUT2D eigenvalue weighted by Crippen LogP contribution is -2.47. The second-order valence-corrected chi connectivity index (χ2v) is 8.85. The topological polar surface area (TPSA) is 60.2 Å². The second kappa shape index (κ2) is 7.59. The van der Waals surface area contributed by atoms with Crippen LogP contribution in [-0.4, -0.2) is 27.8 Å². The Bertz CT molecular complexity index is 1050. The van der Waals surface area contributed by atoms with Gasteiger partial charge in [-0.25, -0.2) is 4.68 Å². The van der Waals surface area contributed by atoms with Crippen LogP contribution in [0.3, 0.4) is 0 Å². The SMILES string of the molecule is COc1ccccc1[C@@H]1C[C@@H](c2ccc(C)cc2)N(C(=O)C(C)(C)C)c2ncnn21. The van der Waals surface area contributed by atoms with E-state index in [0.717, 1.165) is 16.9 Å². The highest BCUT2D eigenvalue weighted by molar-refractivity contribution is 5.96. The van der Waals surface area contributed by atoms with Gasteiger partial charge in [0.25, 0.3) is 0 Å². The van der Waals surface area contributed by atoms with Crippen LogP contribution in [0, 0.1) is 12.3 Å². The fraction of sp³-hybridized carbons (Fsp3) is 0.375. The smallest absolute Gasteiger partial charge is 0.235 e. The van der Waals surface area contributed by atoms with Gasteiger partial charge >= 0.3 is 0 Å². The summed E-state index contributed by atoms with van der Waals surface area (Å²) in [6, 6.07) is 16.1. The van der Waals surface area contributed by atoms with Crippen molar-refractivity contribution in [3.05, 3.63) is 71.5 Å². The summed E-state index contributed by atoms with van der Waals surface area (Å²) in [7, 11) is 1.68. The molecule has 0 saturated heterocycles. The first kappa shape index (κ1) is 20.1. The number of benzene rings is 2. The van der Waals surface area contributed by atoms with Crippen LogP contribution in [0.2, 0.25) is 0 Å². The number of carbonyl (C=O) groups excluding carboxylic acids is 1. The standard InChI is InChI=1S/C24H28N4O2/c1-16-10-12-17(13-11-16)19-14-20(18-8-6-7-9-21(18)30-5)28-23(25-15-26-28)27(19)22(29)24(2,3)4/h6-13,15,19-20H,14H2,1-5H3/t19-,20-/m0/s1. The zero-order chi connectivity index (χ0) is 21.5. The molecule has 0 aliphatic carbocycles. The number of ether oxygens (including phenoxy) is 1. The molecule has 2 aromatic carbocycles. The van der Waals surface area contributed by atoms with Crippen molar-refractivity contribution in [2.75, 3.05) is 12.0 Å². The van der Waals surface area contributed by atoms with E-state index in [0.29, 0.717) is 12.4 Å². The number of hydrogen-bond acceptors (Lipinski definition) is 4. The van der Waals surface area contributed by atoms with Crippen molar-refractivity contribution in [2.45, 2.75) is 46.2 Å². The molecule has 0 spiro atoms. The minimum atomic E-state index is -0.545. The number of para-hydroxylation sites is 1. The third-order valence-corrected chi connectivity index (χ3v) is 5.64. The minimum absolute atomic E-state index is 0.0285. The number of amides is 1. The van der Waals surface area contributed by atoms with Gasteiger partial charge in [0.15, 0.2) is 0 Å². The first-order chi connectivity index (χ1) is 14.3. The molecule has 30 heavy (non-hydrogen) atoms. The lowest BCUT2D eigenvalue weighted by molar-refractivity contribution is -0.126. The number of hydrogen-bond donors (Lipinski definition) is 0. The Labute approximate surface area is 177 Å². The molecule has 1 aromatic heterocycles. The number of aryl methyl sites for hydroxylation is 1. The molecule has 6 heteroatoms. The van der Waals surface area contributed by atoms with Gasteiger partial charge in [0, 0.05) is 11.0 Å². The molecule has 156 valence electrons. The van der Waals surface area contributed by atoms with E-state index < -0.39 is 5.41 Å². The normalized spacial score (nSPS) is 18.8. The first-order valence-corrected chi connectivity index (χ1v) is 10.2. The van der Waals surface area contributed by atoms with Gasteiger partial charge in [0.1, 0.15) is 12.1 Å². The Balaban J connectivity index is 1.89. The molecular weight excluding hydrogens is 376 g/mol. The third kappa shape index (κ3) is 3.47. The van der Waals surface area contributed by atoms with Crippen molar-refractivity contribution in [3.8, 4) is 5.75 Å². The average molecular weight is 405 g/mol. The van der Waals surface area contributed by atoms with Gasteiger partial charge in [-0.1, -0.05) is 68.8 Å². The monoisotopic (exact) mass is 404 g/mol. The van der Waals surface area contributed by atoms with E-state index in [9.17, 15) is 4.79 Å². The number of anilines is 1. The molecule has 0 saturated carbocycles. The van der Waals surface area contributed by atoms with Gasteiger partial charge in [0.05, 0.1) is 19.2 Å². The Morgan fingerprint density at radius 3 is 2.43 bits per heavy atom. The van der Waals surface area contributed by atoms with E-state index in [4.69, 9.17) is 4.74 Å². The highest BCUT2D eigenvalue weighted by Crippen LogP contribution is 2.45. The summed E-state index contributed by atoms with van der Waals surface area (Å²) in [4.78, 5) is 19.9. The molecule has 0 radical (unpaired) electrons. The van der Waals surface area contributed by atoms with Gasteiger partial charge in [-0.15, -0.1) is 0 Å². The van der Waals surface area contributed by atoms with Gasteiger partial charge in [-0.05, 0) is 25.0 Å². The van der Waals surface area contributed by atoms with Crippen molar-refractivity contribution < 1.29 is 9.53 Å². The Hall–Kier alpha value is -3.15. The van der Waals surface area contributed by atoms with Crippen LogP contribution in [0.5, 0.6) is 5.75 Å². The zero-order valence-corrected chi connectivity index (χ0v) is 18.2. The van der Waals surface area contributed by atoms with E-state index in [1.54, 1.807) is 7.11 Å². The van der Waals surface area contributed by atoms with Crippen molar-refractivity contribution in [2.24, 2.45) is 5.41 Å². The molecule has 6 nitrogen and oxygen atoms in total. The van der Waals surface area contributed by atoms with Crippen LogP contribution < -0.4 is 9.64 Å². The summed E-state index contributed by atoms with van der Waals surface area (Å²) < 4.78 is 7.49. The maximum Gasteiger partial charge on any atom is 0.235 e. The molecule has 3 aromatic rings. The van der Waals surface area contributed by atoms with Gasteiger partial charge in [0.2, 0.25) is 11.9 Å². The minimum Gasteiger partial charge on any atom is -0.496 e. The summed E-state index contributed by atoms with van der Waals surface area (Å²) in [5.74, 6) is 1.41. The maximum absolute atomic E-state index is 13.5. The number of aromatic nitrogens is 3. The molecule has 0 N–H and O–H groups in total. The lowest BCUT2D eigenvalue weighted by atomic mass is 9.88. The number of fused-ring (bicyclic) bond motifs is 1. The maximum atomic E-state index is 13.5. The van der Waals surface area contributed by atoms with Crippen LogP contribution in [-0.2, 0) is 4.79 Å². The summed E-state index contributed by atoms with van der Waals surface area (Å²) in [6.45, 7) is 7.88. The lowest BCUT2D eigenvalue weighted by Gasteiger charge is -2.41. The van der Waals surface area contributed by atoms with Crippen LogP contribution >= 0.6 is 0 Å². The van der Waals surface area contributed by atoms with E-state index in [1.807, 2.05) is 48.6 Å². The fourth-order valence-electron chi connectivity index (χ4n) is 4.06. The molecule has 4 rings (SSSR count). The molecule has 0 bridgehead atoms. The molecule has 1 amide bonds. The van der Waals surface area contributed by atoms with Crippen molar-refractivity contribution in [3.63, 3.8) is 0 Å². The highest BCUT2D eigenvalue weighted by atomic mass is 16.5. The third-order valence-electron chi connectivity index (χ3n) is 5.64. The van der Waals surface area contributed by atoms with E-state index in [2.05, 4.69) is 47.3 Å². The molecule has 0 fully saturated rings. The fourth-order valence-corrected chi connectivity index (χ4v) is 4.06. The molecular formula is C24H28N4O2. The number of carbonyl (C=O) groups is 1. The molecule has 0 unspecified atom stereocenters. The molecule has 1 aliphatic rings. The van der Waals surface area contributed by atoms with Gasteiger partial charge < -0.3 is 4.74 Å². The van der Waals surface area contributed by atoms with Gasteiger partial charge in [-0.3, -0.25) is 9.69 Å². The number of methoxy groups -OCH3 is 1. The first-order valence-electron chi connectivity index (χ1n) is 10.2. The highest BCUT2D eigenvalue weighted by Gasteiger charge is 2.43. The van der Waals surface area contributed by atoms with Crippen LogP contribution in [0.1, 0.15) is 56.0 Å². The van der Waals surface area contributed by atoms with E-state index in [-0.39, 0.29) is 18.0 Å². The summed E-state index contributed by atoms with van der Waals surface area (Å²) >= 11 is 0. The summed E-state index contributed by atoms with van der Waals surface area (Å²) in [5, 5.41) is 4.50. The summed E-state index contributed by atoms with van der Waals surface area (Å²) in [6.07, 6.45) is 2.21. The average Bonchev–Trinajstić information content (AvgIpc) is 3.22. The zero-order valence-electron chi connectivity index (χ0n) is 18.2. The van der Waals surface area contributed by atoms with E-state index >= 15 is 0 Å². The Morgan fingerprint density at radius 1 is 1.07 bits per heavy atom. The quantitative estimate of drug-likeness (QED) is 0.634. The molecule has 2 heterocycles. The van der Waals surface area contributed by atoms with Crippen LogP contribution in [0.25, 0.3) is 0 Å². The largest absolute Gasteiger partial charge is 0.496 e. The van der Waals surface area contributed by atoms with Crippen molar-refractivity contribution in [1.82, 2.24) is 14.8 Å².